The molecule has 0 aromatic heterocycles. The van der Waals surface area contributed by atoms with Gasteiger partial charge in [-0.15, -0.1) is 0 Å². The van der Waals surface area contributed by atoms with Crippen molar-refractivity contribution in [2.24, 2.45) is 0 Å². The topological polar surface area (TPSA) is 52.7 Å². The van der Waals surface area contributed by atoms with E-state index in [0.29, 0.717) is 30.2 Å². The van der Waals surface area contributed by atoms with Gasteiger partial charge in [0.15, 0.2) is 0 Å². The summed E-state index contributed by atoms with van der Waals surface area (Å²) in [5.74, 6) is -0.0909. The number of nitrogens with one attached hydrogen (secondary N) is 1. The standard InChI is InChI=1S/C14H18ClN3O2/c1-3-16-14(20)17(2)12-8-9-18(13(12)19)11-7-5-4-6-10(11)15/h4-7,12H,3,8-9H2,1-2H3,(H,16,20)/t12-/m1/s1. The molecular formula is C14H18ClN3O2. The van der Waals surface area contributed by atoms with Gasteiger partial charge in [0.25, 0.3) is 0 Å². The third-order valence-corrected chi connectivity index (χ3v) is 3.76. The van der Waals surface area contributed by atoms with E-state index < -0.39 is 6.04 Å². The first-order chi connectivity index (χ1) is 9.56. The molecule has 0 aliphatic carbocycles. The minimum absolute atomic E-state index is 0.0909. The van der Waals surface area contributed by atoms with Crippen LogP contribution in [0.2, 0.25) is 5.02 Å². The van der Waals surface area contributed by atoms with E-state index in [-0.39, 0.29) is 11.9 Å². The van der Waals surface area contributed by atoms with Gasteiger partial charge in [0.2, 0.25) is 5.91 Å². The lowest BCUT2D eigenvalue weighted by Gasteiger charge is -2.24. The summed E-state index contributed by atoms with van der Waals surface area (Å²) in [7, 11) is 1.64. The largest absolute Gasteiger partial charge is 0.338 e. The Kier molecular flexibility index (Phi) is 4.49. The number of urea groups is 1. The monoisotopic (exact) mass is 295 g/mol. The van der Waals surface area contributed by atoms with Crippen molar-refractivity contribution in [2.75, 3.05) is 25.0 Å². The quantitative estimate of drug-likeness (QED) is 0.928. The lowest BCUT2D eigenvalue weighted by atomic mass is 10.2. The first kappa shape index (κ1) is 14.7. The molecule has 1 aromatic rings. The molecule has 1 saturated heterocycles. The number of hydrogen-bond acceptors (Lipinski definition) is 2. The van der Waals surface area contributed by atoms with E-state index in [4.69, 9.17) is 11.6 Å². The van der Waals surface area contributed by atoms with Gasteiger partial charge < -0.3 is 15.1 Å². The summed E-state index contributed by atoms with van der Waals surface area (Å²) in [6.07, 6.45) is 0.609. The normalized spacial score (nSPS) is 18.2. The second-order valence-electron chi connectivity index (χ2n) is 4.69. The Morgan fingerprint density at radius 1 is 1.50 bits per heavy atom. The van der Waals surface area contributed by atoms with Gasteiger partial charge in [0, 0.05) is 20.1 Å². The zero-order valence-corrected chi connectivity index (χ0v) is 12.4. The van der Waals surface area contributed by atoms with Gasteiger partial charge in [-0.25, -0.2) is 4.79 Å². The van der Waals surface area contributed by atoms with Crippen LogP contribution in [0.3, 0.4) is 0 Å². The van der Waals surface area contributed by atoms with E-state index in [9.17, 15) is 9.59 Å². The molecule has 1 aliphatic heterocycles. The van der Waals surface area contributed by atoms with Crippen molar-refractivity contribution in [1.82, 2.24) is 10.2 Å². The zero-order chi connectivity index (χ0) is 14.7. The van der Waals surface area contributed by atoms with E-state index in [1.165, 1.54) is 4.90 Å². The molecule has 2 rings (SSSR count). The SMILES string of the molecule is CCNC(=O)N(C)[C@@H]1CCN(c2ccccc2Cl)C1=O. The lowest BCUT2D eigenvalue weighted by Crippen LogP contribution is -2.47. The number of para-hydroxylation sites is 1. The number of halogens is 1. The number of anilines is 1. The summed E-state index contributed by atoms with van der Waals surface area (Å²) in [6.45, 7) is 2.95. The summed E-state index contributed by atoms with van der Waals surface area (Å²) in [6, 6.07) is 6.57. The van der Waals surface area contributed by atoms with Crippen molar-refractivity contribution in [3.05, 3.63) is 29.3 Å². The van der Waals surface area contributed by atoms with E-state index in [2.05, 4.69) is 5.32 Å². The highest BCUT2D eigenvalue weighted by molar-refractivity contribution is 6.34. The Labute approximate surface area is 123 Å². The van der Waals surface area contributed by atoms with Crippen LogP contribution in [-0.4, -0.2) is 43.0 Å². The highest BCUT2D eigenvalue weighted by atomic mass is 35.5. The second kappa shape index (κ2) is 6.13. The lowest BCUT2D eigenvalue weighted by molar-refractivity contribution is -0.120. The van der Waals surface area contributed by atoms with Crippen LogP contribution in [0.25, 0.3) is 0 Å². The van der Waals surface area contributed by atoms with Crippen molar-refractivity contribution in [3.8, 4) is 0 Å². The van der Waals surface area contributed by atoms with Crippen LogP contribution in [0.4, 0.5) is 10.5 Å². The highest BCUT2D eigenvalue weighted by Crippen LogP contribution is 2.30. The van der Waals surface area contributed by atoms with E-state index in [1.54, 1.807) is 18.0 Å². The Bertz CT molecular complexity index is 521. The highest BCUT2D eigenvalue weighted by Gasteiger charge is 2.37. The molecule has 1 aromatic carbocycles. The minimum atomic E-state index is -0.433. The fourth-order valence-corrected chi connectivity index (χ4v) is 2.59. The number of carbonyl (C=O) groups excluding carboxylic acids is 2. The summed E-state index contributed by atoms with van der Waals surface area (Å²) >= 11 is 6.12. The molecule has 0 spiro atoms. The predicted molar refractivity (Wildman–Crippen MR) is 79.0 cm³/mol. The maximum atomic E-state index is 12.5. The van der Waals surface area contributed by atoms with E-state index >= 15 is 0 Å². The van der Waals surface area contributed by atoms with Gasteiger partial charge in [0.1, 0.15) is 6.04 Å². The number of amides is 3. The fraction of sp³-hybridized carbons (Fsp3) is 0.429. The summed E-state index contributed by atoms with van der Waals surface area (Å²) in [5, 5.41) is 3.24. The summed E-state index contributed by atoms with van der Waals surface area (Å²) < 4.78 is 0. The van der Waals surface area contributed by atoms with Gasteiger partial charge in [0.05, 0.1) is 10.7 Å². The fourth-order valence-electron chi connectivity index (χ4n) is 2.35. The number of carbonyl (C=O) groups is 2. The Balaban J connectivity index is 2.14. The average molecular weight is 296 g/mol. The molecule has 1 N–H and O–H groups in total. The predicted octanol–water partition coefficient (Wildman–Crippen LogP) is 2.11. The molecule has 3 amide bonds. The van der Waals surface area contributed by atoms with E-state index in [1.807, 2.05) is 25.1 Å². The first-order valence-corrected chi connectivity index (χ1v) is 7.00. The maximum Gasteiger partial charge on any atom is 0.317 e. The third kappa shape index (κ3) is 2.72. The molecule has 1 atom stereocenters. The van der Waals surface area contributed by atoms with E-state index in [0.717, 1.165) is 0 Å². The molecule has 0 saturated carbocycles. The molecule has 5 nitrogen and oxygen atoms in total. The Morgan fingerprint density at radius 2 is 2.20 bits per heavy atom. The molecule has 1 heterocycles. The van der Waals surface area contributed by atoms with Crippen LogP contribution in [0.1, 0.15) is 13.3 Å². The van der Waals surface area contributed by atoms with Crippen molar-refractivity contribution < 1.29 is 9.59 Å². The van der Waals surface area contributed by atoms with Crippen LogP contribution in [-0.2, 0) is 4.79 Å². The second-order valence-corrected chi connectivity index (χ2v) is 5.10. The van der Waals surface area contributed by atoms with Crippen LogP contribution >= 0.6 is 11.6 Å². The summed E-state index contributed by atoms with van der Waals surface area (Å²) in [4.78, 5) is 27.4. The zero-order valence-electron chi connectivity index (χ0n) is 11.6. The van der Waals surface area contributed by atoms with Crippen molar-refractivity contribution in [3.63, 3.8) is 0 Å². The summed E-state index contributed by atoms with van der Waals surface area (Å²) in [5.41, 5.74) is 0.700. The maximum absolute atomic E-state index is 12.5. The molecule has 20 heavy (non-hydrogen) atoms. The smallest absolute Gasteiger partial charge is 0.317 e. The van der Waals surface area contributed by atoms with Crippen LogP contribution in [0, 0.1) is 0 Å². The molecular weight excluding hydrogens is 278 g/mol. The van der Waals surface area contributed by atoms with Gasteiger partial charge in [-0.1, -0.05) is 23.7 Å². The Morgan fingerprint density at radius 3 is 2.85 bits per heavy atom. The van der Waals surface area contributed by atoms with Crippen LogP contribution in [0.15, 0.2) is 24.3 Å². The third-order valence-electron chi connectivity index (χ3n) is 3.44. The van der Waals surface area contributed by atoms with Crippen LogP contribution < -0.4 is 10.2 Å². The molecule has 0 unspecified atom stereocenters. The molecule has 0 radical (unpaired) electrons. The first-order valence-electron chi connectivity index (χ1n) is 6.62. The van der Waals surface area contributed by atoms with Crippen LogP contribution in [0.5, 0.6) is 0 Å². The van der Waals surface area contributed by atoms with Crippen molar-refractivity contribution in [2.45, 2.75) is 19.4 Å². The van der Waals surface area contributed by atoms with Gasteiger partial charge in [-0.2, -0.15) is 0 Å². The molecule has 0 bridgehead atoms. The number of rotatable bonds is 3. The van der Waals surface area contributed by atoms with Crippen molar-refractivity contribution >= 4 is 29.2 Å². The number of nitrogens with zero attached hydrogens (tertiary/aromatic N) is 2. The number of likely N-dealkylation sites (N-methyl/N-ethyl adjacent to an activating group) is 1. The van der Waals surface area contributed by atoms with Crippen molar-refractivity contribution in [1.29, 1.82) is 0 Å². The average Bonchev–Trinajstić information content (AvgIpc) is 2.80. The minimum Gasteiger partial charge on any atom is -0.338 e. The number of benzene rings is 1. The van der Waals surface area contributed by atoms with Gasteiger partial charge >= 0.3 is 6.03 Å². The Hall–Kier alpha value is -1.75. The molecule has 108 valence electrons. The van der Waals surface area contributed by atoms with Gasteiger partial charge in [-0.05, 0) is 25.5 Å². The molecule has 1 fully saturated rings. The molecule has 6 heteroatoms. The number of hydrogen-bond donors (Lipinski definition) is 1. The van der Waals surface area contributed by atoms with Gasteiger partial charge in [-0.3, -0.25) is 4.79 Å². The molecule has 1 aliphatic rings.